The van der Waals surface area contributed by atoms with Crippen molar-refractivity contribution >= 4 is 34.5 Å². The molecular weight excluding hydrogens is 220 g/mol. The summed E-state index contributed by atoms with van der Waals surface area (Å²) in [5.74, 6) is 0.163. The zero-order valence-corrected chi connectivity index (χ0v) is 10.0. The fourth-order valence-corrected chi connectivity index (χ4v) is 3.34. The topological polar surface area (TPSA) is 38.4 Å². The molecule has 3 nitrogen and oxygen atoms in total. The lowest BCUT2D eigenvalue weighted by Crippen LogP contribution is -2.22. The van der Waals surface area contributed by atoms with Crippen LogP contribution in [-0.2, 0) is 0 Å². The summed E-state index contributed by atoms with van der Waals surface area (Å²) in [4.78, 5) is 5.33. The van der Waals surface area contributed by atoms with Crippen molar-refractivity contribution in [3.63, 3.8) is 0 Å². The van der Waals surface area contributed by atoms with Crippen LogP contribution in [-0.4, -0.2) is 16.7 Å². The Morgan fingerprint density at radius 3 is 3.12 bits per heavy atom. The van der Waals surface area contributed by atoms with Crippen LogP contribution in [0.25, 0.3) is 5.57 Å². The second kappa shape index (κ2) is 3.28. The van der Waals surface area contributed by atoms with Crippen LogP contribution in [0, 0.1) is 18.0 Å². The molecule has 0 fully saturated rings. The molecule has 0 bridgehead atoms. The first-order valence-corrected chi connectivity index (χ1v) is 6.28. The predicted molar refractivity (Wildman–Crippen MR) is 67.6 cm³/mol. The van der Waals surface area contributed by atoms with Gasteiger partial charge in [-0.25, -0.2) is 0 Å². The lowest BCUT2D eigenvalue weighted by molar-refractivity contribution is -0.358. The third-order valence-electron chi connectivity index (χ3n) is 3.15. The van der Waals surface area contributed by atoms with Crippen LogP contribution in [0.2, 0.25) is 0 Å². The average Bonchev–Trinajstić information content (AvgIpc) is 2.81. The number of aryl methyl sites for hydroxylation is 1. The van der Waals surface area contributed by atoms with Gasteiger partial charge in [0, 0.05) is 23.4 Å². The highest BCUT2D eigenvalue weighted by Crippen LogP contribution is 2.43. The third kappa shape index (κ3) is 1.08. The van der Waals surface area contributed by atoms with E-state index in [2.05, 4.69) is 11.9 Å². The fraction of sp³-hybridized carbons (Fsp3) is 0.333. The van der Waals surface area contributed by atoms with E-state index >= 15 is 0 Å². The Kier molecular flexibility index (Phi) is 2.01. The largest absolute Gasteiger partial charge is 0.618 e. The number of hydrogen-bond donors (Lipinski definition) is 0. The van der Waals surface area contributed by atoms with E-state index in [1.165, 1.54) is 0 Å². The molecule has 3 heterocycles. The first kappa shape index (κ1) is 9.78. The molecule has 1 aromatic heterocycles. The molecule has 4 heteroatoms. The van der Waals surface area contributed by atoms with Crippen molar-refractivity contribution < 1.29 is 4.74 Å². The molecule has 0 aliphatic carbocycles. The quantitative estimate of drug-likeness (QED) is 0.541. The first-order chi connectivity index (χ1) is 7.74. The Labute approximate surface area is 98.0 Å². The Morgan fingerprint density at radius 2 is 2.38 bits per heavy atom. The number of allylic oxidation sites excluding steroid dienone is 1. The summed E-state index contributed by atoms with van der Waals surface area (Å²) in [6, 6.07) is 0. The molecular formula is C12H12N2OS. The average molecular weight is 232 g/mol. The maximum Gasteiger partial charge on any atom is 0.238 e. The zero-order chi connectivity index (χ0) is 11.3. The lowest BCUT2D eigenvalue weighted by atomic mass is 9.94. The fourth-order valence-electron chi connectivity index (χ4n) is 2.29. The van der Waals surface area contributed by atoms with Gasteiger partial charge in [-0.15, -0.1) is 11.3 Å². The Morgan fingerprint density at radius 1 is 1.56 bits per heavy atom. The Hall–Kier alpha value is -1.42. The van der Waals surface area contributed by atoms with E-state index in [0.717, 1.165) is 38.6 Å². The summed E-state index contributed by atoms with van der Waals surface area (Å²) in [6.07, 6.45) is 4.60. The van der Waals surface area contributed by atoms with E-state index in [1.54, 1.807) is 11.3 Å². The summed E-state index contributed by atoms with van der Waals surface area (Å²) in [5, 5.41) is 14.3. The van der Waals surface area contributed by atoms with Gasteiger partial charge in [0.25, 0.3) is 0 Å². The first-order valence-electron chi connectivity index (χ1n) is 5.40. The monoisotopic (exact) mass is 232 g/mol. The van der Waals surface area contributed by atoms with Crippen LogP contribution >= 0.6 is 11.3 Å². The van der Waals surface area contributed by atoms with Gasteiger partial charge in [-0.1, -0.05) is 6.92 Å². The number of thiophene rings is 1. The van der Waals surface area contributed by atoms with Crippen molar-refractivity contribution in [2.24, 2.45) is 10.9 Å². The highest BCUT2D eigenvalue weighted by molar-refractivity contribution is 7.12. The molecule has 3 rings (SSSR count). The molecule has 0 N–H and O–H groups in total. The molecule has 0 saturated carbocycles. The van der Waals surface area contributed by atoms with Crippen LogP contribution in [0.5, 0.6) is 0 Å². The molecule has 0 radical (unpaired) electrons. The normalized spacial score (nSPS) is 22.1. The number of nitrogens with zero attached hydrogens (tertiary/aromatic N) is 2. The number of fused-ring (bicyclic) bond motifs is 3. The van der Waals surface area contributed by atoms with Crippen LogP contribution in [0.15, 0.2) is 16.6 Å². The van der Waals surface area contributed by atoms with Crippen LogP contribution in [0.3, 0.4) is 0 Å². The smallest absolute Gasteiger partial charge is 0.238 e. The van der Waals surface area contributed by atoms with Crippen molar-refractivity contribution in [2.45, 2.75) is 20.3 Å². The Balaban J connectivity index is 2.26. The van der Waals surface area contributed by atoms with Crippen molar-refractivity contribution in [1.82, 2.24) is 0 Å². The van der Waals surface area contributed by atoms with Crippen molar-refractivity contribution in [3.8, 4) is 0 Å². The van der Waals surface area contributed by atoms with Crippen molar-refractivity contribution in [3.05, 3.63) is 27.2 Å². The van der Waals surface area contributed by atoms with Gasteiger partial charge in [0.1, 0.15) is 4.88 Å². The molecule has 1 atom stereocenters. The van der Waals surface area contributed by atoms with Crippen molar-refractivity contribution in [2.75, 3.05) is 0 Å². The van der Waals surface area contributed by atoms with E-state index in [-0.39, 0.29) is 5.92 Å². The molecule has 2 aliphatic heterocycles. The van der Waals surface area contributed by atoms with Gasteiger partial charge >= 0.3 is 0 Å². The Bertz CT molecular complexity index is 551. The minimum atomic E-state index is 0.163. The summed E-state index contributed by atoms with van der Waals surface area (Å²) in [5.41, 5.74) is 3.79. The van der Waals surface area contributed by atoms with E-state index in [1.807, 2.05) is 24.7 Å². The van der Waals surface area contributed by atoms with E-state index < -0.39 is 0 Å². The second-order valence-corrected chi connectivity index (χ2v) is 5.01. The van der Waals surface area contributed by atoms with Crippen LogP contribution in [0.4, 0.5) is 5.69 Å². The SMILES string of the molecule is CCC1C=NC=C2C1=[N+]([O-])c1c(C)csc12. The number of aliphatic imine (C=N–C) groups is 1. The van der Waals surface area contributed by atoms with Gasteiger partial charge in [0.15, 0.2) is 0 Å². The zero-order valence-electron chi connectivity index (χ0n) is 9.23. The summed E-state index contributed by atoms with van der Waals surface area (Å²) >= 11 is 1.64. The van der Waals surface area contributed by atoms with Crippen LogP contribution < -0.4 is 0 Å². The second-order valence-electron chi connectivity index (χ2n) is 4.13. The maximum atomic E-state index is 12.3. The molecule has 0 aromatic carbocycles. The van der Waals surface area contributed by atoms with Gasteiger partial charge in [-0.3, -0.25) is 4.99 Å². The van der Waals surface area contributed by atoms with E-state index in [9.17, 15) is 5.21 Å². The molecule has 0 amide bonds. The summed E-state index contributed by atoms with van der Waals surface area (Å²) < 4.78 is 1.10. The van der Waals surface area contributed by atoms with E-state index in [4.69, 9.17) is 0 Å². The van der Waals surface area contributed by atoms with Gasteiger partial charge in [-0.2, -0.15) is 4.74 Å². The standard InChI is InChI=1S/C12H12N2OS/c1-3-8-4-13-5-9-11(8)14(15)10-7(2)6-16-12(9)10/h4-6,8H,3H2,1-2H3. The third-order valence-corrected chi connectivity index (χ3v) is 4.27. The van der Waals surface area contributed by atoms with E-state index in [0.29, 0.717) is 0 Å². The summed E-state index contributed by atoms with van der Waals surface area (Å²) in [6.45, 7) is 4.07. The van der Waals surface area contributed by atoms with Crippen LogP contribution in [0.1, 0.15) is 23.8 Å². The van der Waals surface area contributed by atoms with Gasteiger partial charge in [-0.05, 0) is 13.3 Å². The summed E-state index contributed by atoms with van der Waals surface area (Å²) in [7, 11) is 0. The number of rotatable bonds is 1. The highest BCUT2D eigenvalue weighted by Gasteiger charge is 2.39. The van der Waals surface area contributed by atoms with Gasteiger partial charge < -0.3 is 5.21 Å². The van der Waals surface area contributed by atoms with Crippen molar-refractivity contribution in [1.29, 1.82) is 0 Å². The molecule has 1 aromatic rings. The minimum Gasteiger partial charge on any atom is -0.618 e. The molecule has 0 saturated heterocycles. The molecule has 2 aliphatic rings. The number of hydrogen-bond acceptors (Lipinski definition) is 3. The molecule has 16 heavy (non-hydrogen) atoms. The predicted octanol–water partition coefficient (Wildman–Crippen LogP) is 3.10. The highest BCUT2D eigenvalue weighted by atomic mass is 32.1. The molecule has 0 spiro atoms. The lowest BCUT2D eigenvalue weighted by Gasteiger charge is -2.12. The van der Waals surface area contributed by atoms with Gasteiger partial charge in [0.05, 0.1) is 11.5 Å². The minimum absolute atomic E-state index is 0.163. The maximum absolute atomic E-state index is 12.3. The molecule has 1 unspecified atom stereocenters. The van der Waals surface area contributed by atoms with Gasteiger partial charge in [0.2, 0.25) is 11.4 Å². The molecule has 82 valence electrons.